The molecule has 0 unspecified atom stereocenters. The van der Waals surface area contributed by atoms with Crippen molar-refractivity contribution in [2.24, 2.45) is 0 Å². The number of carbonyl (C=O) groups excluding carboxylic acids is 1. The number of pyridine rings is 1. The summed E-state index contributed by atoms with van der Waals surface area (Å²) in [5.74, 6) is 0.568. The summed E-state index contributed by atoms with van der Waals surface area (Å²) in [5, 5.41) is 13.5. The summed E-state index contributed by atoms with van der Waals surface area (Å²) in [6.45, 7) is 1.96. The third-order valence-electron chi connectivity index (χ3n) is 4.47. The number of ether oxygens (including phenoxy) is 1. The molecule has 1 aromatic heterocycles. The smallest absolute Gasteiger partial charge is 0.244 e. The fourth-order valence-electron chi connectivity index (χ4n) is 3.22. The van der Waals surface area contributed by atoms with Crippen molar-refractivity contribution in [3.05, 3.63) is 54.4 Å². The van der Waals surface area contributed by atoms with Gasteiger partial charge in [0.2, 0.25) is 5.91 Å². The number of aromatic nitrogens is 1. The van der Waals surface area contributed by atoms with Crippen molar-refractivity contribution in [2.45, 2.75) is 12.6 Å². The number of hydrogen-bond donors (Lipinski definition) is 2. The molecule has 0 fully saturated rings. The number of amides is 1. The molecule has 0 radical (unpaired) electrons. The molecule has 3 heterocycles. The zero-order valence-corrected chi connectivity index (χ0v) is 13.7. The summed E-state index contributed by atoms with van der Waals surface area (Å²) >= 11 is 0. The molecule has 0 aliphatic carbocycles. The molecule has 0 bridgehead atoms. The van der Waals surface area contributed by atoms with E-state index >= 15 is 0 Å². The first-order valence-corrected chi connectivity index (χ1v) is 8.30. The maximum Gasteiger partial charge on any atom is 0.244 e. The van der Waals surface area contributed by atoms with E-state index in [0.717, 1.165) is 16.7 Å². The molecule has 25 heavy (non-hydrogen) atoms. The molecule has 2 aliphatic heterocycles. The van der Waals surface area contributed by atoms with Gasteiger partial charge in [0.05, 0.1) is 6.54 Å². The standard InChI is InChI=1S/C19H19N3O3/c23-17-10-14(13-3-1-5-20-11-13)9-15-12-22(7-8-25-18(15)17)19(24)16-4-2-6-21-16/h1-5,9-11,16,21,23H,6-8,12H2/t16-/m1/s1. The van der Waals surface area contributed by atoms with Crippen molar-refractivity contribution >= 4 is 5.91 Å². The Morgan fingerprint density at radius 3 is 3.04 bits per heavy atom. The molecule has 128 valence electrons. The van der Waals surface area contributed by atoms with E-state index in [1.165, 1.54) is 0 Å². The van der Waals surface area contributed by atoms with Gasteiger partial charge in [-0.05, 0) is 23.8 Å². The van der Waals surface area contributed by atoms with Gasteiger partial charge < -0.3 is 14.7 Å². The van der Waals surface area contributed by atoms with E-state index in [1.807, 2.05) is 30.4 Å². The number of fused-ring (bicyclic) bond motifs is 1. The third-order valence-corrected chi connectivity index (χ3v) is 4.47. The minimum Gasteiger partial charge on any atom is -0.504 e. The maximum atomic E-state index is 12.7. The van der Waals surface area contributed by atoms with Gasteiger partial charge in [0.25, 0.3) is 0 Å². The van der Waals surface area contributed by atoms with Crippen molar-refractivity contribution in [3.63, 3.8) is 0 Å². The molecule has 6 heteroatoms. The Bertz CT molecular complexity index is 820. The van der Waals surface area contributed by atoms with Gasteiger partial charge in [0.15, 0.2) is 11.5 Å². The number of benzene rings is 1. The lowest BCUT2D eigenvalue weighted by molar-refractivity contribution is -0.132. The molecule has 0 saturated carbocycles. The molecule has 4 rings (SSSR count). The van der Waals surface area contributed by atoms with Crippen LogP contribution in [-0.2, 0) is 11.3 Å². The molecule has 1 amide bonds. The van der Waals surface area contributed by atoms with Crippen LogP contribution in [0.2, 0.25) is 0 Å². The first-order valence-electron chi connectivity index (χ1n) is 8.30. The monoisotopic (exact) mass is 337 g/mol. The second-order valence-corrected chi connectivity index (χ2v) is 6.15. The van der Waals surface area contributed by atoms with Gasteiger partial charge in [0, 0.05) is 36.6 Å². The zero-order valence-electron chi connectivity index (χ0n) is 13.7. The van der Waals surface area contributed by atoms with Gasteiger partial charge >= 0.3 is 0 Å². The van der Waals surface area contributed by atoms with E-state index < -0.39 is 0 Å². The Labute approximate surface area is 145 Å². The highest BCUT2D eigenvalue weighted by molar-refractivity contribution is 5.84. The van der Waals surface area contributed by atoms with Crippen molar-refractivity contribution in [2.75, 3.05) is 19.7 Å². The van der Waals surface area contributed by atoms with Crippen LogP contribution in [0.5, 0.6) is 11.5 Å². The molecular formula is C19H19N3O3. The molecule has 0 saturated heterocycles. The lowest BCUT2D eigenvalue weighted by Gasteiger charge is -2.23. The molecule has 1 aromatic carbocycles. The number of carbonyl (C=O) groups is 1. The second kappa shape index (κ2) is 6.57. The molecule has 2 N–H and O–H groups in total. The lowest BCUT2D eigenvalue weighted by Crippen LogP contribution is -2.44. The fourth-order valence-corrected chi connectivity index (χ4v) is 3.22. The SMILES string of the molecule is O=C([C@H]1C=CCN1)N1CCOc2c(O)cc(-c3cccnc3)cc2C1. The van der Waals surface area contributed by atoms with Crippen LogP contribution >= 0.6 is 0 Å². The Morgan fingerprint density at radius 2 is 2.28 bits per heavy atom. The van der Waals surface area contributed by atoms with E-state index in [0.29, 0.717) is 32.0 Å². The number of phenols is 1. The third kappa shape index (κ3) is 3.08. The second-order valence-electron chi connectivity index (χ2n) is 6.15. The number of nitrogens with one attached hydrogen (secondary N) is 1. The number of rotatable bonds is 2. The van der Waals surface area contributed by atoms with E-state index in [-0.39, 0.29) is 17.7 Å². The van der Waals surface area contributed by atoms with Gasteiger partial charge in [-0.15, -0.1) is 0 Å². The van der Waals surface area contributed by atoms with E-state index in [2.05, 4.69) is 10.3 Å². The van der Waals surface area contributed by atoms with Crippen molar-refractivity contribution in [1.29, 1.82) is 0 Å². The number of aromatic hydroxyl groups is 1. The zero-order chi connectivity index (χ0) is 17.2. The van der Waals surface area contributed by atoms with Crippen molar-refractivity contribution in [3.8, 4) is 22.6 Å². The van der Waals surface area contributed by atoms with E-state index in [4.69, 9.17) is 4.74 Å². The molecule has 2 aliphatic rings. The van der Waals surface area contributed by atoms with E-state index in [9.17, 15) is 9.90 Å². The van der Waals surface area contributed by atoms with Crippen molar-refractivity contribution in [1.82, 2.24) is 15.2 Å². The molecular weight excluding hydrogens is 318 g/mol. The highest BCUT2D eigenvalue weighted by atomic mass is 16.5. The van der Waals surface area contributed by atoms with Crippen LogP contribution in [0.4, 0.5) is 0 Å². The summed E-state index contributed by atoms with van der Waals surface area (Å²) in [5.41, 5.74) is 2.55. The number of nitrogens with zero attached hydrogens (tertiary/aromatic N) is 2. The average Bonchev–Trinajstić information content (AvgIpc) is 3.08. The molecule has 1 atom stereocenters. The first kappa shape index (κ1) is 15.7. The Kier molecular flexibility index (Phi) is 4.11. The van der Waals surface area contributed by atoms with Crippen LogP contribution < -0.4 is 10.1 Å². The van der Waals surface area contributed by atoms with Gasteiger partial charge in [0.1, 0.15) is 12.6 Å². The van der Waals surface area contributed by atoms with Crippen LogP contribution in [0.25, 0.3) is 11.1 Å². The summed E-state index contributed by atoms with van der Waals surface area (Å²) in [6, 6.07) is 7.13. The van der Waals surface area contributed by atoms with Crippen LogP contribution in [0.3, 0.4) is 0 Å². The van der Waals surface area contributed by atoms with Crippen LogP contribution in [0.15, 0.2) is 48.8 Å². The molecule has 2 aromatic rings. The van der Waals surface area contributed by atoms with Gasteiger partial charge in [-0.25, -0.2) is 0 Å². The van der Waals surface area contributed by atoms with Gasteiger partial charge in [-0.2, -0.15) is 0 Å². The van der Waals surface area contributed by atoms with E-state index in [1.54, 1.807) is 23.4 Å². The molecule has 6 nitrogen and oxygen atoms in total. The minimum absolute atomic E-state index is 0.0245. The quantitative estimate of drug-likeness (QED) is 0.816. The highest BCUT2D eigenvalue weighted by Crippen LogP contribution is 2.37. The van der Waals surface area contributed by atoms with Crippen LogP contribution in [0, 0.1) is 0 Å². The summed E-state index contributed by atoms with van der Waals surface area (Å²) < 4.78 is 5.72. The minimum atomic E-state index is -0.281. The normalized spacial score (nSPS) is 19.2. The largest absolute Gasteiger partial charge is 0.504 e. The average molecular weight is 337 g/mol. The van der Waals surface area contributed by atoms with Gasteiger partial charge in [-0.3, -0.25) is 15.1 Å². The fraction of sp³-hybridized carbons (Fsp3) is 0.263. The van der Waals surface area contributed by atoms with Crippen molar-refractivity contribution < 1.29 is 14.6 Å². The lowest BCUT2D eigenvalue weighted by atomic mass is 10.0. The predicted octanol–water partition coefficient (Wildman–Crippen LogP) is 1.70. The summed E-state index contributed by atoms with van der Waals surface area (Å²) in [6.07, 6.45) is 7.29. The predicted molar refractivity (Wildman–Crippen MR) is 93.2 cm³/mol. The number of phenolic OH excluding ortho intramolecular Hbond substituents is 1. The first-order chi connectivity index (χ1) is 12.2. The summed E-state index contributed by atoms with van der Waals surface area (Å²) in [4.78, 5) is 18.6. The molecule has 0 spiro atoms. The van der Waals surface area contributed by atoms with Crippen LogP contribution in [0.1, 0.15) is 5.56 Å². The number of hydrogen-bond acceptors (Lipinski definition) is 5. The maximum absolute atomic E-state index is 12.7. The summed E-state index contributed by atoms with van der Waals surface area (Å²) in [7, 11) is 0. The Hall–Kier alpha value is -2.86. The Morgan fingerprint density at radius 1 is 1.36 bits per heavy atom. The Balaban J connectivity index is 1.66. The van der Waals surface area contributed by atoms with Crippen LogP contribution in [-0.4, -0.2) is 46.6 Å². The topological polar surface area (TPSA) is 74.7 Å². The highest BCUT2D eigenvalue weighted by Gasteiger charge is 2.27. The van der Waals surface area contributed by atoms with Gasteiger partial charge in [-0.1, -0.05) is 18.2 Å².